The number of benzene rings is 1. The highest BCUT2D eigenvalue weighted by Gasteiger charge is 2.33. The molecular formula is C18H24F2N4O2S. The van der Waals surface area contributed by atoms with Gasteiger partial charge >= 0.3 is 0 Å². The van der Waals surface area contributed by atoms with Gasteiger partial charge in [-0.25, -0.2) is 22.2 Å². The Kier molecular flexibility index (Phi) is 5.92. The van der Waals surface area contributed by atoms with Gasteiger partial charge in [-0.15, -0.1) is 0 Å². The van der Waals surface area contributed by atoms with E-state index < -0.39 is 26.6 Å². The topological polar surface area (TPSA) is 58.4 Å². The first-order valence-corrected chi connectivity index (χ1v) is 10.4. The molecule has 0 amide bonds. The molecule has 1 aliphatic rings. The van der Waals surface area contributed by atoms with E-state index in [9.17, 15) is 17.2 Å². The summed E-state index contributed by atoms with van der Waals surface area (Å²) in [5, 5.41) is 0. The third-order valence-electron chi connectivity index (χ3n) is 4.77. The molecular weight excluding hydrogens is 374 g/mol. The van der Waals surface area contributed by atoms with Gasteiger partial charge in [-0.1, -0.05) is 19.9 Å². The number of hydrogen-bond donors (Lipinski definition) is 0. The molecule has 27 heavy (non-hydrogen) atoms. The van der Waals surface area contributed by atoms with Crippen LogP contribution in [-0.4, -0.2) is 59.9 Å². The van der Waals surface area contributed by atoms with Crippen LogP contribution in [0.15, 0.2) is 35.5 Å². The highest BCUT2D eigenvalue weighted by Crippen LogP contribution is 2.23. The summed E-state index contributed by atoms with van der Waals surface area (Å²) in [5.41, 5.74) is 0. The smallest absolute Gasteiger partial charge is 0.249 e. The lowest BCUT2D eigenvalue weighted by Gasteiger charge is -2.34. The van der Waals surface area contributed by atoms with Gasteiger partial charge in [0.05, 0.1) is 0 Å². The molecule has 1 aliphatic heterocycles. The summed E-state index contributed by atoms with van der Waals surface area (Å²) < 4.78 is 56.3. The van der Waals surface area contributed by atoms with Crippen molar-refractivity contribution in [3.8, 4) is 0 Å². The molecule has 0 atom stereocenters. The number of hydrogen-bond acceptors (Lipinski definition) is 4. The van der Waals surface area contributed by atoms with Crippen molar-refractivity contribution in [3.05, 3.63) is 48.1 Å². The predicted octanol–water partition coefficient (Wildman–Crippen LogP) is 2.29. The minimum absolute atomic E-state index is 0.205. The van der Waals surface area contributed by atoms with E-state index >= 15 is 0 Å². The third kappa shape index (κ3) is 4.20. The number of aromatic nitrogens is 2. The van der Waals surface area contributed by atoms with E-state index in [2.05, 4.69) is 28.3 Å². The number of nitrogens with zero attached hydrogens (tertiary/aromatic N) is 4. The van der Waals surface area contributed by atoms with Crippen LogP contribution in [0.4, 0.5) is 8.78 Å². The van der Waals surface area contributed by atoms with Gasteiger partial charge in [0.25, 0.3) is 0 Å². The molecule has 0 aliphatic carbocycles. The van der Waals surface area contributed by atoms with Crippen LogP contribution in [-0.2, 0) is 16.6 Å². The highest BCUT2D eigenvalue weighted by atomic mass is 32.2. The zero-order chi connectivity index (χ0) is 19.6. The van der Waals surface area contributed by atoms with Crippen molar-refractivity contribution in [2.75, 3.05) is 32.7 Å². The summed E-state index contributed by atoms with van der Waals surface area (Å²) in [7, 11) is -4.18. The van der Waals surface area contributed by atoms with Crippen molar-refractivity contribution in [2.45, 2.75) is 31.2 Å². The molecule has 6 nitrogen and oxygen atoms in total. The van der Waals surface area contributed by atoms with Crippen LogP contribution in [0.3, 0.4) is 0 Å². The molecule has 1 saturated heterocycles. The van der Waals surface area contributed by atoms with E-state index in [0.29, 0.717) is 19.0 Å². The van der Waals surface area contributed by atoms with E-state index in [0.717, 1.165) is 41.4 Å². The zero-order valence-electron chi connectivity index (χ0n) is 15.5. The van der Waals surface area contributed by atoms with Gasteiger partial charge in [-0.05, 0) is 12.1 Å². The molecule has 0 radical (unpaired) electrons. The van der Waals surface area contributed by atoms with E-state index in [1.54, 1.807) is 6.20 Å². The summed E-state index contributed by atoms with van der Waals surface area (Å²) in [5.74, 6) is -0.763. The van der Waals surface area contributed by atoms with Crippen LogP contribution in [0.2, 0.25) is 0 Å². The van der Waals surface area contributed by atoms with Crippen LogP contribution in [0, 0.1) is 11.6 Å². The second-order valence-electron chi connectivity index (χ2n) is 6.93. The molecule has 0 bridgehead atoms. The summed E-state index contributed by atoms with van der Waals surface area (Å²) in [6.07, 6.45) is 3.72. The number of rotatable bonds is 6. The predicted molar refractivity (Wildman–Crippen MR) is 97.9 cm³/mol. The molecule has 1 aromatic heterocycles. The Balaban J connectivity index is 1.61. The van der Waals surface area contributed by atoms with Gasteiger partial charge in [0.2, 0.25) is 10.0 Å². The minimum atomic E-state index is -4.18. The average molecular weight is 398 g/mol. The van der Waals surface area contributed by atoms with Crippen LogP contribution in [0.1, 0.15) is 25.6 Å². The molecule has 0 unspecified atom stereocenters. The second kappa shape index (κ2) is 8.04. The SMILES string of the molecule is CC(C)c1nccn1CCN1CCN(S(=O)(=O)c2c(F)cccc2F)CC1. The molecule has 2 heterocycles. The van der Waals surface area contributed by atoms with Crippen LogP contribution >= 0.6 is 0 Å². The Labute approximate surface area is 158 Å². The largest absolute Gasteiger partial charge is 0.333 e. The van der Waals surface area contributed by atoms with E-state index in [-0.39, 0.29) is 13.1 Å². The van der Waals surface area contributed by atoms with Gasteiger partial charge in [0.1, 0.15) is 17.5 Å². The Morgan fingerprint density at radius 3 is 2.30 bits per heavy atom. The fourth-order valence-corrected chi connectivity index (χ4v) is 4.84. The minimum Gasteiger partial charge on any atom is -0.333 e. The summed E-state index contributed by atoms with van der Waals surface area (Å²) in [6, 6.07) is 3.08. The molecule has 148 valence electrons. The molecule has 0 N–H and O–H groups in total. The van der Waals surface area contributed by atoms with E-state index in [1.807, 2.05) is 6.20 Å². The Hall–Kier alpha value is -1.84. The normalized spacial score (nSPS) is 16.9. The van der Waals surface area contributed by atoms with Crippen molar-refractivity contribution in [1.82, 2.24) is 18.8 Å². The van der Waals surface area contributed by atoms with Gasteiger partial charge < -0.3 is 4.57 Å². The summed E-state index contributed by atoms with van der Waals surface area (Å²) in [4.78, 5) is 5.64. The molecule has 0 saturated carbocycles. The first-order chi connectivity index (χ1) is 12.8. The zero-order valence-corrected chi connectivity index (χ0v) is 16.3. The first kappa shape index (κ1) is 19.9. The lowest BCUT2D eigenvalue weighted by atomic mass is 10.2. The van der Waals surface area contributed by atoms with Crippen molar-refractivity contribution in [2.24, 2.45) is 0 Å². The number of imidazole rings is 1. The van der Waals surface area contributed by atoms with E-state index in [1.165, 1.54) is 0 Å². The van der Waals surface area contributed by atoms with Crippen LogP contribution in [0.25, 0.3) is 0 Å². The average Bonchev–Trinajstić information content (AvgIpc) is 3.09. The lowest BCUT2D eigenvalue weighted by molar-refractivity contribution is 0.182. The van der Waals surface area contributed by atoms with E-state index in [4.69, 9.17) is 0 Å². The van der Waals surface area contributed by atoms with Gasteiger partial charge in [-0.2, -0.15) is 4.31 Å². The maximum absolute atomic E-state index is 13.9. The molecule has 1 fully saturated rings. The summed E-state index contributed by atoms with van der Waals surface area (Å²) >= 11 is 0. The van der Waals surface area contributed by atoms with Crippen LogP contribution in [0.5, 0.6) is 0 Å². The Morgan fingerprint density at radius 1 is 1.07 bits per heavy atom. The summed E-state index contributed by atoms with van der Waals surface area (Å²) in [6.45, 7) is 7.14. The van der Waals surface area contributed by atoms with Gasteiger partial charge in [0, 0.05) is 57.6 Å². The Morgan fingerprint density at radius 2 is 1.70 bits per heavy atom. The number of piperazine rings is 1. The van der Waals surface area contributed by atoms with Gasteiger partial charge in [-0.3, -0.25) is 4.90 Å². The number of halogens is 2. The quantitative estimate of drug-likeness (QED) is 0.749. The highest BCUT2D eigenvalue weighted by molar-refractivity contribution is 7.89. The Bertz CT molecular complexity index is 870. The van der Waals surface area contributed by atoms with Crippen molar-refractivity contribution >= 4 is 10.0 Å². The maximum Gasteiger partial charge on any atom is 0.249 e. The third-order valence-corrected chi connectivity index (χ3v) is 6.72. The van der Waals surface area contributed by atoms with Crippen molar-refractivity contribution in [3.63, 3.8) is 0 Å². The first-order valence-electron chi connectivity index (χ1n) is 8.98. The second-order valence-corrected chi connectivity index (χ2v) is 8.80. The lowest BCUT2D eigenvalue weighted by Crippen LogP contribution is -2.49. The monoisotopic (exact) mass is 398 g/mol. The van der Waals surface area contributed by atoms with Gasteiger partial charge in [0.15, 0.2) is 4.90 Å². The van der Waals surface area contributed by atoms with Crippen LogP contribution < -0.4 is 0 Å². The molecule has 3 rings (SSSR count). The standard InChI is InChI=1S/C18H24F2N4O2S/c1-14(2)18-21-6-7-23(18)11-8-22-9-12-24(13-10-22)27(25,26)17-15(19)4-3-5-16(17)20/h3-7,14H,8-13H2,1-2H3. The number of sulfonamides is 1. The molecule has 2 aromatic rings. The molecule has 9 heteroatoms. The van der Waals surface area contributed by atoms with Crippen molar-refractivity contribution in [1.29, 1.82) is 0 Å². The fourth-order valence-electron chi connectivity index (χ4n) is 3.31. The van der Waals surface area contributed by atoms with Crippen molar-refractivity contribution < 1.29 is 17.2 Å². The maximum atomic E-state index is 13.9. The molecule has 0 spiro atoms. The molecule has 1 aromatic carbocycles. The fraction of sp³-hybridized carbons (Fsp3) is 0.500.